The van der Waals surface area contributed by atoms with Crippen LogP contribution in [0.2, 0.25) is 0 Å². The van der Waals surface area contributed by atoms with Crippen LogP contribution in [0.25, 0.3) is 0 Å². The SMILES string of the molecule is CC1(C)C(=O)Nc2ccccc2N1C(=O)CSc1nc(N)nc(N)n1. The molecule has 0 aliphatic carbocycles. The molecule has 0 radical (unpaired) electrons. The number of nitrogen functional groups attached to an aromatic ring is 2. The number of rotatable bonds is 3. The summed E-state index contributed by atoms with van der Waals surface area (Å²) in [5, 5.41) is 3.07. The van der Waals surface area contributed by atoms with E-state index in [1.54, 1.807) is 32.0 Å². The molecule has 0 saturated carbocycles. The highest BCUT2D eigenvalue weighted by molar-refractivity contribution is 7.99. The third-order valence-corrected chi connectivity index (χ3v) is 4.56. The maximum absolute atomic E-state index is 12.9. The highest BCUT2D eigenvalue weighted by Crippen LogP contribution is 2.37. The van der Waals surface area contributed by atoms with E-state index in [-0.39, 0.29) is 34.6 Å². The molecule has 2 amide bonds. The molecule has 2 aromatic rings. The van der Waals surface area contributed by atoms with Crippen molar-refractivity contribution in [3.05, 3.63) is 24.3 Å². The maximum atomic E-state index is 12.9. The van der Waals surface area contributed by atoms with Crippen molar-refractivity contribution in [1.29, 1.82) is 0 Å². The Balaban J connectivity index is 1.86. The number of hydrogen-bond acceptors (Lipinski definition) is 8. The zero-order valence-corrected chi connectivity index (χ0v) is 14.5. The number of anilines is 4. The minimum atomic E-state index is -1.02. The van der Waals surface area contributed by atoms with E-state index >= 15 is 0 Å². The Bertz CT molecular complexity index is 835. The van der Waals surface area contributed by atoms with E-state index < -0.39 is 5.54 Å². The zero-order valence-electron chi connectivity index (χ0n) is 13.7. The van der Waals surface area contributed by atoms with Gasteiger partial charge in [-0.2, -0.15) is 15.0 Å². The molecule has 0 saturated heterocycles. The molecule has 1 aliphatic heterocycles. The van der Waals surface area contributed by atoms with Crippen LogP contribution in [-0.4, -0.2) is 38.1 Å². The van der Waals surface area contributed by atoms with E-state index in [0.717, 1.165) is 11.8 Å². The van der Waals surface area contributed by atoms with E-state index in [2.05, 4.69) is 20.3 Å². The van der Waals surface area contributed by atoms with Crippen molar-refractivity contribution in [2.75, 3.05) is 27.4 Å². The number of nitrogens with one attached hydrogen (secondary N) is 1. The second kappa shape index (κ2) is 6.20. The topological polar surface area (TPSA) is 140 Å². The number of thioether (sulfide) groups is 1. The lowest BCUT2D eigenvalue weighted by molar-refractivity contribution is -0.125. The third-order valence-electron chi connectivity index (χ3n) is 3.73. The van der Waals surface area contributed by atoms with Crippen LogP contribution in [0.1, 0.15) is 13.8 Å². The Labute approximate surface area is 148 Å². The number of hydrogen-bond donors (Lipinski definition) is 3. The zero-order chi connectivity index (χ0) is 18.2. The summed E-state index contributed by atoms with van der Waals surface area (Å²) in [6.45, 7) is 3.39. The summed E-state index contributed by atoms with van der Waals surface area (Å²) in [6.07, 6.45) is 0. The molecule has 1 aromatic carbocycles. The molecule has 1 aliphatic rings. The fourth-order valence-electron chi connectivity index (χ4n) is 2.54. The summed E-state index contributed by atoms with van der Waals surface area (Å²) in [4.78, 5) is 38.3. The summed E-state index contributed by atoms with van der Waals surface area (Å²) in [5.74, 6) is -0.502. The normalized spacial score (nSPS) is 15.4. The number of nitrogens with zero attached hydrogens (tertiary/aromatic N) is 4. The Morgan fingerprint density at radius 3 is 2.52 bits per heavy atom. The van der Waals surface area contributed by atoms with E-state index in [9.17, 15) is 9.59 Å². The monoisotopic (exact) mass is 359 g/mol. The fraction of sp³-hybridized carbons (Fsp3) is 0.267. The van der Waals surface area contributed by atoms with Crippen molar-refractivity contribution in [2.24, 2.45) is 0 Å². The summed E-state index contributed by atoms with van der Waals surface area (Å²) >= 11 is 1.08. The third kappa shape index (κ3) is 3.20. The average molecular weight is 359 g/mol. The molecule has 5 N–H and O–H groups in total. The van der Waals surface area contributed by atoms with Gasteiger partial charge in [0, 0.05) is 0 Å². The van der Waals surface area contributed by atoms with E-state index in [0.29, 0.717) is 11.4 Å². The van der Waals surface area contributed by atoms with Crippen molar-refractivity contribution < 1.29 is 9.59 Å². The second-order valence-corrected chi connectivity index (χ2v) is 6.82. The number of aromatic nitrogens is 3. The Hall–Kier alpha value is -2.88. The molecule has 9 nitrogen and oxygen atoms in total. The van der Waals surface area contributed by atoms with Gasteiger partial charge in [0.15, 0.2) is 5.16 Å². The first kappa shape index (κ1) is 17.0. The summed E-state index contributed by atoms with van der Waals surface area (Å²) in [5.41, 5.74) is 11.3. The quantitative estimate of drug-likeness (QED) is 0.686. The molecule has 0 spiro atoms. The molecule has 3 rings (SSSR count). The smallest absolute Gasteiger partial charge is 0.250 e. The summed E-state index contributed by atoms with van der Waals surface area (Å²) in [7, 11) is 0. The second-order valence-electron chi connectivity index (χ2n) is 5.88. The number of para-hydroxylation sites is 2. The van der Waals surface area contributed by atoms with Crippen molar-refractivity contribution in [1.82, 2.24) is 15.0 Å². The fourth-order valence-corrected chi connectivity index (χ4v) is 3.24. The van der Waals surface area contributed by atoms with Crippen molar-refractivity contribution >= 4 is 46.8 Å². The van der Waals surface area contributed by atoms with Gasteiger partial charge in [0.2, 0.25) is 23.7 Å². The molecule has 0 atom stereocenters. The number of benzene rings is 1. The lowest BCUT2D eigenvalue weighted by atomic mass is 9.96. The molecule has 130 valence electrons. The first-order chi connectivity index (χ1) is 11.8. The average Bonchev–Trinajstić information content (AvgIpc) is 2.53. The van der Waals surface area contributed by atoms with Gasteiger partial charge < -0.3 is 16.8 Å². The molecular formula is C15H17N7O2S. The number of carbonyl (C=O) groups excluding carboxylic acids is 2. The molecule has 0 fully saturated rings. The molecule has 0 bridgehead atoms. The number of amides is 2. The summed E-state index contributed by atoms with van der Waals surface area (Å²) in [6, 6.07) is 7.15. The minimum Gasteiger partial charge on any atom is -0.368 e. The number of carbonyl (C=O) groups is 2. The largest absolute Gasteiger partial charge is 0.368 e. The highest BCUT2D eigenvalue weighted by Gasteiger charge is 2.43. The van der Waals surface area contributed by atoms with Gasteiger partial charge in [-0.05, 0) is 26.0 Å². The Kier molecular flexibility index (Phi) is 4.21. The van der Waals surface area contributed by atoms with Gasteiger partial charge in [-0.25, -0.2) is 0 Å². The van der Waals surface area contributed by atoms with Gasteiger partial charge in [0.05, 0.1) is 17.1 Å². The van der Waals surface area contributed by atoms with Crippen molar-refractivity contribution in [3.8, 4) is 0 Å². The predicted octanol–water partition coefficient (Wildman–Crippen LogP) is 0.892. The number of nitrogens with two attached hydrogens (primary N) is 2. The first-order valence-corrected chi connectivity index (χ1v) is 8.41. The van der Waals surface area contributed by atoms with Gasteiger partial charge >= 0.3 is 0 Å². The van der Waals surface area contributed by atoms with Gasteiger partial charge in [-0.15, -0.1) is 0 Å². The van der Waals surface area contributed by atoms with Crippen LogP contribution in [0.5, 0.6) is 0 Å². The summed E-state index contributed by atoms with van der Waals surface area (Å²) < 4.78 is 0. The van der Waals surface area contributed by atoms with E-state index in [1.165, 1.54) is 4.90 Å². The Morgan fingerprint density at radius 2 is 1.84 bits per heavy atom. The van der Waals surface area contributed by atoms with Crippen LogP contribution in [0.4, 0.5) is 23.3 Å². The van der Waals surface area contributed by atoms with Crippen LogP contribution in [0.15, 0.2) is 29.4 Å². The first-order valence-electron chi connectivity index (χ1n) is 7.42. The van der Waals surface area contributed by atoms with Gasteiger partial charge in [-0.1, -0.05) is 23.9 Å². The van der Waals surface area contributed by atoms with Crippen LogP contribution in [-0.2, 0) is 9.59 Å². The van der Waals surface area contributed by atoms with Crippen molar-refractivity contribution in [2.45, 2.75) is 24.5 Å². The molecule has 1 aromatic heterocycles. The molecule has 10 heteroatoms. The molecule has 2 heterocycles. The van der Waals surface area contributed by atoms with Gasteiger partial charge in [-0.3, -0.25) is 14.5 Å². The molecule has 25 heavy (non-hydrogen) atoms. The standard InChI is InChI=1S/C15H17N7O2S/c1-15(2)11(24)18-8-5-3-4-6-9(8)22(15)10(23)7-25-14-20-12(16)19-13(17)21-14/h3-6H,7H2,1-2H3,(H,18,24)(H4,16,17,19,20,21). The van der Waals surface area contributed by atoms with Crippen molar-refractivity contribution in [3.63, 3.8) is 0 Å². The highest BCUT2D eigenvalue weighted by atomic mass is 32.2. The maximum Gasteiger partial charge on any atom is 0.250 e. The predicted molar refractivity (Wildman–Crippen MR) is 96.0 cm³/mol. The van der Waals surface area contributed by atoms with Crippen LogP contribution >= 0.6 is 11.8 Å². The molecule has 0 unspecified atom stereocenters. The van der Waals surface area contributed by atoms with Crippen LogP contribution in [0, 0.1) is 0 Å². The van der Waals surface area contributed by atoms with Crippen LogP contribution in [0.3, 0.4) is 0 Å². The van der Waals surface area contributed by atoms with Crippen LogP contribution < -0.4 is 21.7 Å². The lowest BCUT2D eigenvalue weighted by Crippen LogP contribution is -2.58. The van der Waals surface area contributed by atoms with E-state index in [1.807, 2.05) is 6.07 Å². The minimum absolute atomic E-state index is 0.00882. The van der Waals surface area contributed by atoms with E-state index in [4.69, 9.17) is 11.5 Å². The number of fused-ring (bicyclic) bond motifs is 1. The molecular weight excluding hydrogens is 342 g/mol. The van der Waals surface area contributed by atoms with Gasteiger partial charge in [0.1, 0.15) is 5.54 Å². The lowest BCUT2D eigenvalue weighted by Gasteiger charge is -2.42. The van der Waals surface area contributed by atoms with Gasteiger partial charge in [0.25, 0.3) is 0 Å². The Morgan fingerprint density at radius 1 is 1.20 bits per heavy atom.